The normalized spacial score (nSPS) is 10.9. The summed E-state index contributed by atoms with van der Waals surface area (Å²) in [5.41, 5.74) is 1.46. The van der Waals surface area contributed by atoms with Crippen molar-refractivity contribution in [2.24, 2.45) is 0 Å². The fraction of sp³-hybridized carbons (Fsp3) is 0.684. The largest absolute Gasteiger partial charge is 0.143 e. The molecule has 0 aliphatic carbocycles. The van der Waals surface area contributed by atoms with Gasteiger partial charge in [-0.25, -0.2) is 0 Å². The maximum absolute atomic E-state index is 4.32. The lowest BCUT2D eigenvalue weighted by Gasteiger charge is -2.03. The summed E-state index contributed by atoms with van der Waals surface area (Å²) in [6, 6.07) is 8.60. The lowest BCUT2D eigenvalue weighted by atomic mass is 10.0. The van der Waals surface area contributed by atoms with Crippen LogP contribution in [0.5, 0.6) is 0 Å². The van der Waals surface area contributed by atoms with Crippen molar-refractivity contribution >= 4 is 12.6 Å². The van der Waals surface area contributed by atoms with E-state index < -0.39 is 0 Å². The number of rotatable bonds is 12. The molecule has 0 saturated heterocycles. The number of aryl methyl sites for hydroxylation is 1. The van der Waals surface area contributed by atoms with Crippen molar-refractivity contribution in [3.8, 4) is 0 Å². The molecule has 0 saturated carbocycles. The van der Waals surface area contributed by atoms with Gasteiger partial charge < -0.3 is 0 Å². The maximum Gasteiger partial charge on any atom is 0.00401 e. The molecule has 0 amide bonds. The Morgan fingerprint density at radius 1 is 0.650 bits per heavy atom. The summed E-state index contributed by atoms with van der Waals surface area (Å²) in [6.45, 7) is 2.28. The molecule has 0 aromatic heterocycles. The molecule has 0 spiro atoms. The summed E-state index contributed by atoms with van der Waals surface area (Å²) in [6.07, 6.45) is 16.8. The topological polar surface area (TPSA) is 0 Å². The Morgan fingerprint density at radius 3 is 1.60 bits per heavy atom. The second-order valence-electron chi connectivity index (χ2n) is 5.95. The molecule has 0 aliphatic rings. The molecule has 1 heteroatoms. The Morgan fingerprint density at radius 2 is 1.10 bits per heavy atom. The van der Waals surface area contributed by atoms with E-state index in [1.54, 1.807) is 0 Å². The minimum Gasteiger partial charge on any atom is -0.143 e. The average Bonchev–Trinajstić information content (AvgIpc) is 2.47. The first-order valence-corrected chi connectivity index (χ1v) is 9.05. The van der Waals surface area contributed by atoms with E-state index in [-0.39, 0.29) is 0 Å². The van der Waals surface area contributed by atoms with E-state index >= 15 is 0 Å². The van der Waals surface area contributed by atoms with Gasteiger partial charge >= 0.3 is 0 Å². The molecule has 0 aliphatic heterocycles. The zero-order valence-electron chi connectivity index (χ0n) is 13.2. The third kappa shape index (κ3) is 9.47. The van der Waals surface area contributed by atoms with Crippen LogP contribution in [-0.2, 0) is 6.42 Å². The molecule has 0 nitrogen and oxygen atoms in total. The van der Waals surface area contributed by atoms with Gasteiger partial charge in [-0.05, 0) is 30.5 Å². The van der Waals surface area contributed by atoms with E-state index in [0.717, 1.165) is 4.90 Å². The Kier molecular flexibility index (Phi) is 10.9. The molecule has 0 fully saturated rings. The number of unbranched alkanes of at least 4 members (excludes halogenated alkanes) is 10. The van der Waals surface area contributed by atoms with Gasteiger partial charge in [0.2, 0.25) is 0 Å². The van der Waals surface area contributed by atoms with Crippen LogP contribution in [0.2, 0.25) is 0 Å². The summed E-state index contributed by atoms with van der Waals surface area (Å²) in [5, 5.41) is 0. The lowest BCUT2D eigenvalue weighted by molar-refractivity contribution is 0.549. The van der Waals surface area contributed by atoms with Crippen molar-refractivity contribution in [2.75, 3.05) is 0 Å². The van der Waals surface area contributed by atoms with E-state index in [2.05, 4.69) is 43.8 Å². The lowest BCUT2D eigenvalue weighted by Crippen LogP contribution is -1.86. The minimum absolute atomic E-state index is 1.06. The third-order valence-corrected chi connectivity index (χ3v) is 4.30. The molecule has 1 aromatic rings. The van der Waals surface area contributed by atoms with Gasteiger partial charge in [-0.1, -0.05) is 83.3 Å². The van der Waals surface area contributed by atoms with Crippen LogP contribution in [0.3, 0.4) is 0 Å². The summed E-state index contributed by atoms with van der Waals surface area (Å²) in [7, 11) is 0. The van der Waals surface area contributed by atoms with Crippen molar-refractivity contribution in [1.29, 1.82) is 0 Å². The maximum atomic E-state index is 4.32. The molecular formula is C19H32S. The molecule has 0 bridgehead atoms. The Balaban J connectivity index is 1.84. The molecule has 0 N–H and O–H groups in total. The Hall–Kier alpha value is -0.430. The summed E-state index contributed by atoms with van der Waals surface area (Å²) in [4.78, 5) is 1.06. The SMILES string of the molecule is CCCCCCCCCCCCCc1ccc(S)cc1. The van der Waals surface area contributed by atoms with Gasteiger partial charge in [-0.15, -0.1) is 12.6 Å². The van der Waals surface area contributed by atoms with Crippen LogP contribution < -0.4 is 0 Å². The molecule has 1 aromatic carbocycles. The highest BCUT2D eigenvalue weighted by Crippen LogP contribution is 2.14. The number of hydrogen-bond acceptors (Lipinski definition) is 1. The van der Waals surface area contributed by atoms with Crippen LogP contribution >= 0.6 is 12.6 Å². The number of thiol groups is 1. The molecular weight excluding hydrogens is 260 g/mol. The van der Waals surface area contributed by atoms with Crippen LogP contribution in [-0.4, -0.2) is 0 Å². The Labute approximate surface area is 131 Å². The highest BCUT2D eigenvalue weighted by atomic mass is 32.1. The molecule has 1 rings (SSSR count). The highest BCUT2D eigenvalue weighted by molar-refractivity contribution is 7.80. The van der Waals surface area contributed by atoms with Crippen molar-refractivity contribution in [1.82, 2.24) is 0 Å². The fourth-order valence-corrected chi connectivity index (χ4v) is 2.81. The quantitative estimate of drug-likeness (QED) is 0.317. The third-order valence-electron chi connectivity index (χ3n) is 4.01. The predicted molar refractivity (Wildman–Crippen MR) is 93.9 cm³/mol. The monoisotopic (exact) mass is 292 g/mol. The minimum atomic E-state index is 1.06. The number of benzene rings is 1. The average molecular weight is 293 g/mol. The van der Waals surface area contributed by atoms with E-state index in [1.165, 1.54) is 82.6 Å². The second-order valence-corrected chi connectivity index (χ2v) is 6.47. The van der Waals surface area contributed by atoms with Crippen molar-refractivity contribution < 1.29 is 0 Å². The molecule has 0 radical (unpaired) electrons. The molecule has 114 valence electrons. The van der Waals surface area contributed by atoms with Gasteiger partial charge in [0.1, 0.15) is 0 Å². The first-order valence-electron chi connectivity index (χ1n) is 8.61. The van der Waals surface area contributed by atoms with Crippen molar-refractivity contribution in [3.63, 3.8) is 0 Å². The van der Waals surface area contributed by atoms with Crippen LogP contribution in [0, 0.1) is 0 Å². The summed E-state index contributed by atoms with van der Waals surface area (Å²) in [5.74, 6) is 0. The van der Waals surface area contributed by atoms with Crippen LogP contribution in [0.4, 0.5) is 0 Å². The fourth-order valence-electron chi connectivity index (χ4n) is 2.66. The zero-order valence-corrected chi connectivity index (χ0v) is 14.1. The smallest absolute Gasteiger partial charge is 0.00401 e. The highest BCUT2D eigenvalue weighted by Gasteiger charge is 1.95. The van der Waals surface area contributed by atoms with Gasteiger partial charge in [0.05, 0.1) is 0 Å². The molecule has 20 heavy (non-hydrogen) atoms. The van der Waals surface area contributed by atoms with E-state index in [1.807, 2.05) is 0 Å². The van der Waals surface area contributed by atoms with Crippen molar-refractivity contribution in [3.05, 3.63) is 29.8 Å². The van der Waals surface area contributed by atoms with Crippen LogP contribution in [0.1, 0.15) is 83.1 Å². The zero-order chi connectivity index (χ0) is 14.5. The standard InChI is InChI=1S/C19H32S/c1-2-3-4-5-6-7-8-9-10-11-12-13-18-14-16-19(20)17-15-18/h14-17,20H,2-13H2,1H3. The van der Waals surface area contributed by atoms with Gasteiger partial charge in [0.25, 0.3) is 0 Å². The van der Waals surface area contributed by atoms with E-state index in [0.29, 0.717) is 0 Å². The summed E-state index contributed by atoms with van der Waals surface area (Å²) < 4.78 is 0. The first kappa shape index (κ1) is 17.6. The first-order chi connectivity index (χ1) is 9.83. The van der Waals surface area contributed by atoms with Gasteiger partial charge in [-0.3, -0.25) is 0 Å². The second kappa shape index (κ2) is 12.3. The van der Waals surface area contributed by atoms with Gasteiger partial charge in [-0.2, -0.15) is 0 Å². The van der Waals surface area contributed by atoms with E-state index in [9.17, 15) is 0 Å². The molecule has 0 unspecified atom stereocenters. The van der Waals surface area contributed by atoms with Crippen LogP contribution in [0.25, 0.3) is 0 Å². The van der Waals surface area contributed by atoms with Crippen molar-refractivity contribution in [2.45, 2.75) is 88.9 Å². The number of hydrogen-bond donors (Lipinski definition) is 1. The van der Waals surface area contributed by atoms with Gasteiger partial charge in [0, 0.05) is 4.90 Å². The Bertz CT molecular complexity index is 315. The summed E-state index contributed by atoms with van der Waals surface area (Å²) >= 11 is 4.32. The van der Waals surface area contributed by atoms with Crippen LogP contribution in [0.15, 0.2) is 29.2 Å². The molecule has 0 atom stereocenters. The predicted octanol–water partition coefficient (Wildman–Crippen LogP) is 6.83. The molecule has 0 heterocycles. The van der Waals surface area contributed by atoms with Gasteiger partial charge in [0.15, 0.2) is 0 Å². The van der Waals surface area contributed by atoms with E-state index in [4.69, 9.17) is 0 Å².